The number of nitrogens with zero attached hydrogens (tertiary/aromatic N) is 3. The molecule has 3 saturated heterocycles. The minimum absolute atomic E-state index is 0.107. The number of rotatable bonds is 4. The fourth-order valence-corrected chi connectivity index (χ4v) is 3.98. The zero-order chi connectivity index (χ0) is 17.2. The van der Waals surface area contributed by atoms with E-state index in [0.29, 0.717) is 25.9 Å². The molecular formula is C17H27N3O4. The normalized spacial score (nSPS) is 28.1. The molecule has 3 aliphatic heterocycles. The van der Waals surface area contributed by atoms with Crippen LogP contribution in [0, 0.1) is 0 Å². The third-order valence-corrected chi connectivity index (χ3v) is 5.33. The molecule has 1 atom stereocenters. The van der Waals surface area contributed by atoms with Gasteiger partial charge < -0.3 is 14.5 Å². The Labute approximate surface area is 142 Å². The Kier molecular flexibility index (Phi) is 5.08. The van der Waals surface area contributed by atoms with Gasteiger partial charge in [0.25, 0.3) is 0 Å². The Bertz CT molecular complexity index is 510. The third-order valence-electron chi connectivity index (χ3n) is 5.33. The van der Waals surface area contributed by atoms with Gasteiger partial charge in [-0.05, 0) is 38.5 Å². The largest absolute Gasteiger partial charge is 0.373 e. The number of likely N-dealkylation sites (tertiary alicyclic amines) is 1. The van der Waals surface area contributed by atoms with Crippen LogP contribution >= 0.6 is 0 Å². The van der Waals surface area contributed by atoms with Crippen molar-refractivity contribution in [1.82, 2.24) is 14.7 Å². The quantitative estimate of drug-likeness (QED) is 0.723. The van der Waals surface area contributed by atoms with Crippen molar-refractivity contribution in [2.24, 2.45) is 0 Å². The van der Waals surface area contributed by atoms with Gasteiger partial charge in [-0.15, -0.1) is 0 Å². The van der Waals surface area contributed by atoms with E-state index in [1.807, 2.05) is 4.90 Å². The first-order valence-corrected chi connectivity index (χ1v) is 8.98. The van der Waals surface area contributed by atoms with Crippen LogP contribution in [0.25, 0.3) is 0 Å². The fourth-order valence-electron chi connectivity index (χ4n) is 3.98. The minimum atomic E-state index is -0.264. The number of amides is 4. The molecule has 134 valence electrons. The Hall–Kier alpha value is -1.63. The molecule has 3 fully saturated rings. The molecule has 4 amide bonds. The first kappa shape index (κ1) is 17.2. The van der Waals surface area contributed by atoms with Crippen molar-refractivity contribution in [2.75, 3.05) is 39.8 Å². The molecule has 1 unspecified atom stereocenters. The van der Waals surface area contributed by atoms with E-state index in [9.17, 15) is 14.4 Å². The molecule has 3 heterocycles. The number of piperidine rings is 1. The number of imide groups is 1. The van der Waals surface area contributed by atoms with Crippen molar-refractivity contribution in [3.8, 4) is 0 Å². The number of carbonyl (C=O) groups is 3. The van der Waals surface area contributed by atoms with Gasteiger partial charge in [-0.1, -0.05) is 0 Å². The highest BCUT2D eigenvalue weighted by Gasteiger charge is 2.39. The molecule has 0 aromatic rings. The van der Waals surface area contributed by atoms with Crippen molar-refractivity contribution >= 4 is 17.8 Å². The molecule has 1 spiro atoms. The van der Waals surface area contributed by atoms with Crippen molar-refractivity contribution in [2.45, 2.75) is 50.5 Å². The lowest BCUT2D eigenvalue weighted by Gasteiger charge is -2.45. The van der Waals surface area contributed by atoms with Crippen molar-refractivity contribution < 1.29 is 19.1 Å². The van der Waals surface area contributed by atoms with Gasteiger partial charge in [0.15, 0.2) is 0 Å². The van der Waals surface area contributed by atoms with E-state index in [0.717, 1.165) is 38.8 Å². The Balaban J connectivity index is 1.46. The topological polar surface area (TPSA) is 70.2 Å². The molecule has 0 aliphatic carbocycles. The second-order valence-corrected chi connectivity index (χ2v) is 7.19. The molecule has 0 radical (unpaired) electrons. The predicted octanol–water partition coefficient (Wildman–Crippen LogP) is 1.22. The number of carbonyl (C=O) groups excluding carboxylic acids is 3. The Morgan fingerprint density at radius 1 is 1.21 bits per heavy atom. The van der Waals surface area contributed by atoms with E-state index < -0.39 is 0 Å². The van der Waals surface area contributed by atoms with E-state index in [4.69, 9.17) is 4.74 Å². The van der Waals surface area contributed by atoms with Crippen LogP contribution in [0.3, 0.4) is 0 Å². The lowest BCUT2D eigenvalue weighted by molar-refractivity contribution is -0.149. The highest BCUT2D eigenvalue weighted by molar-refractivity contribution is 6.01. The lowest BCUT2D eigenvalue weighted by atomic mass is 9.85. The summed E-state index contributed by atoms with van der Waals surface area (Å²) in [6.45, 7) is 2.74. The van der Waals surface area contributed by atoms with E-state index in [1.54, 1.807) is 7.05 Å². The zero-order valence-corrected chi connectivity index (χ0v) is 14.5. The maximum absolute atomic E-state index is 12.5. The summed E-state index contributed by atoms with van der Waals surface area (Å²) in [5.41, 5.74) is -0.129. The van der Waals surface area contributed by atoms with Crippen LogP contribution in [0.2, 0.25) is 0 Å². The average Bonchev–Trinajstić information content (AvgIpc) is 2.81. The SMILES string of the molecule is CN1CC(=O)N(CCCC(=O)N2CCCC3(CCCCO3)C2)C1=O. The second kappa shape index (κ2) is 7.09. The highest BCUT2D eigenvalue weighted by atomic mass is 16.5. The van der Waals surface area contributed by atoms with Crippen LogP contribution in [-0.4, -0.2) is 78.0 Å². The van der Waals surface area contributed by atoms with E-state index in [1.165, 1.54) is 16.2 Å². The van der Waals surface area contributed by atoms with Gasteiger partial charge >= 0.3 is 6.03 Å². The van der Waals surface area contributed by atoms with Gasteiger partial charge in [0, 0.05) is 39.7 Å². The van der Waals surface area contributed by atoms with Crippen LogP contribution < -0.4 is 0 Å². The summed E-state index contributed by atoms with van der Waals surface area (Å²) in [6, 6.07) is -0.264. The molecular weight excluding hydrogens is 310 g/mol. The molecule has 7 nitrogen and oxygen atoms in total. The van der Waals surface area contributed by atoms with Gasteiger partial charge in [-0.3, -0.25) is 14.5 Å². The lowest BCUT2D eigenvalue weighted by Crippen LogP contribution is -2.53. The second-order valence-electron chi connectivity index (χ2n) is 7.19. The maximum Gasteiger partial charge on any atom is 0.326 e. The number of ether oxygens (including phenoxy) is 1. The number of hydrogen-bond acceptors (Lipinski definition) is 4. The van der Waals surface area contributed by atoms with Crippen LogP contribution in [0.4, 0.5) is 4.79 Å². The third kappa shape index (κ3) is 3.55. The standard InChI is InChI=1S/C17H27N3O4/c1-18-12-15(22)20(16(18)23)10-4-6-14(21)19-9-5-8-17(13-19)7-2-3-11-24-17/h2-13H2,1H3. The molecule has 7 heteroatoms. The Morgan fingerprint density at radius 3 is 2.67 bits per heavy atom. The van der Waals surface area contributed by atoms with Crippen LogP contribution in [0.1, 0.15) is 44.9 Å². The van der Waals surface area contributed by atoms with Gasteiger partial charge in [0.1, 0.15) is 6.54 Å². The number of hydrogen-bond donors (Lipinski definition) is 0. The van der Waals surface area contributed by atoms with Gasteiger partial charge in [0.05, 0.1) is 5.60 Å². The van der Waals surface area contributed by atoms with E-state index >= 15 is 0 Å². The first-order chi connectivity index (χ1) is 11.5. The molecule has 0 N–H and O–H groups in total. The predicted molar refractivity (Wildman–Crippen MR) is 87.3 cm³/mol. The summed E-state index contributed by atoms with van der Waals surface area (Å²) in [7, 11) is 1.61. The van der Waals surface area contributed by atoms with Crippen LogP contribution in [-0.2, 0) is 14.3 Å². The van der Waals surface area contributed by atoms with E-state index in [-0.39, 0.29) is 30.0 Å². The zero-order valence-electron chi connectivity index (χ0n) is 14.5. The molecule has 3 aliphatic rings. The van der Waals surface area contributed by atoms with Crippen molar-refractivity contribution in [3.63, 3.8) is 0 Å². The highest BCUT2D eigenvalue weighted by Crippen LogP contribution is 2.33. The van der Waals surface area contributed by atoms with Gasteiger partial charge in [-0.25, -0.2) is 4.79 Å². The number of likely N-dealkylation sites (N-methyl/N-ethyl adjacent to an activating group) is 1. The summed E-state index contributed by atoms with van der Waals surface area (Å²) in [5, 5.41) is 0. The van der Waals surface area contributed by atoms with Crippen LogP contribution in [0.15, 0.2) is 0 Å². The molecule has 3 rings (SSSR count). The van der Waals surface area contributed by atoms with Gasteiger partial charge in [0.2, 0.25) is 11.8 Å². The van der Waals surface area contributed by atoms with Crippen molar-refractivity contribution in [3.05, 3.63) is 0 Å². The number of urea groups is 1. The average molecular weight is 337 g/mol. The summed E-state index contributed by atoms with van der Waals surface area (Å²) in [5.74, 6) is -0.0711. The molecule has 0 aromatic heterocycles. The minimum Gasteiger partial charge on any atom is -0.373 e. The molecule has 24 heavy (non-hydrogen) atoms. The van der Waals surface area contributed by atoms with Gasteiger partial charge in [-0.2, -0.15) is 0 Å². The molecule has 0 aromatic carbocycles. The smallest absolute Gasteiger partial charge is 0.326 e. The fraction of sp³-hybridized carbons (Fsp3) is 0.824. The summed E-state index contributed by atoms with van der Waals surface area (Å²) >= 11 is 0. The molecule has 0 saturated carbocycles. The monoisotopic (exact) mass is 337 g/mol. The summed E-state index contributed by atoms with van der Waals surface area (Å²) in [4.78, 5) is 40.6. The maximum atomic E-state index is 12.5. The van der Waals surface area contributed by atoms with E-state index in [2.05, 4.69) is 0 Å². The summed E-state index contributed by atoms with van der Waals surface area (Å²) < 4.78 is 6.02. The summed E-state index contributed by atoms with van der Waals surface area (Å²) in [6.07, 6.45) is 6.25. The first-order valence-electron chi connectivity index (χ1n) is 8.98. The van der Waals surface area contributed by atoms with Crippen molar-refractivity contribution in [1.29, 1.82) is 0 Å². The molecule has 0 bridgehead atoms. The Morgan fingerprint density at radius 2 is 2.00 bits per heavy atom. The van der Waals surface area contributed by atoms with Crippen LogP contribution in [0.5, 0.6) is 0 Å².